The van der Waals surface area contributed by atoms with Crippen molar-refractivity contribution in [2.75, 3.05) is 0 Å². The fourth-order valence-electron chi connectivity index (χ4n) is 1.36. The van der Waals surface area contributed by atoms with Crippen molar-refractivity contribution >= 4 is 17.5 Å². The van der Waals surface area contributed by atoms with Gasteiger partial charge in [0.2, 0.25) is 11.6 Å². The first-order valence-corrected chi connectivity index (χ1v) is 4.97. The standard InChI is InChI=1S/C12H12O4/c1-2-5-10(13)11(14)8-6-3-4-7-9(8)12(15)16/h3-4,6-7H,2,5H2,1H3,(H,15,16). The predicted molar refractivity (Wildman–Crippen MR) is 57.6 cm³/mol. The Balaban J connectivity index is 3.08. The van der Waals surface area contributed by atoms with Gasteiger partial charge in [-0.05, 0) is 12.5 Å². The molecule has 0 saturated heterocycles. The number of hydrogen-bond donors (Lipinski definition) is 1. The van der Waals surface area contributed by atoms with Crippen LogP contribution in [0.25, 0.3) is 0 Å². The van der Waals surface area contributed by atoms with Gasteiger partial charge in [0.1, 0.15) is 0 Å². The second kappa shape index (κ2) is 5.21. The molecule has 1 aromatic carbocycles. The van der Waals surface area contributed by atoms with E-state index in [1.54, 1.807) is 13.0 Å². The van der Waals surface area contributed by atoms with Gasteiger partial charge in [0, 0.05) is 12.0 Å². The monoisotopic (exact) mass is 220 g/mol. The molecule has 0 radical (unpaired) electrons. The molecule has 0 bridgehead atoms. The number of aromatic carboxylic acids is 1. The van der Waals surface area contributed by atoms with Gasteiger partial charge in [-0.3, -0.25) is 9.59 Å². The van der Waals surface area contributed by atoms with Gasteiger partial charge in [-0.15, -0.1) is 0 Å². The van der Waals surface area contributed by atoms with Crippen molar-refractivity contribution < 1.29 is 19.5 Å². The van der Waals surface area contributed by atoms with E-state index in [4.69, 9.17) is 5.11 Å². The molecular formula is C12H12O4. The van der Waals surface area contributed by atoms with Crippen LogP contribution >= 0.6 is 0 Å². The minimum Gasteiger partial charge on any atom is -0.478 e. The highest BCUT2D eigenvalue weighted by Crippen LogP contribution is 2.11. The maximum atomic E-state index is 11.6. The summed E-state index contributed by atoms with van der Waals surface area (Å²) in [6.07, 6.45) is 0.715. The van der Waals surface area contributed by atoms with Crippen LogP contribution in [0.15, 0.2) is 24.3 Å². The summed E-state index contributed by atoms with van der Waals surface area (Å²) >= 11 is 0. The van der Waals surface area contributed by atoms with Crippen molar-refractivity contribution in [3.05, 3.63) is 35.4 Å². The topological polar surface area (TPSA) is 71.4 Å². The maximum absolute atomic E-state index is 11.6. The van der Waals surface area contributed by atoms with E-state index in [1.165, 1.54) is 18.2 Å². The first-order valence-electron chi connectivity index (χ1n) is 4.97. The summed E-state index contributed by atoms with van der Waals surface area (Å²) in [7, 11) is 0. The molecule has 1 N–H and O–H groups in total. The first-order chi connectivity index (χ1) is 7.57. The number of Topliss-reactive ketones (excluding diaryl/α,β-unsaturated/α-hetero) is 2. The van der Waals surface area contributed by atoms with E-state index in [0.29, 0.717) is 6.42 Å². The van der Waals surface area contributed by atoms with Crippen LogP contribution in [-0.2, 0) is 4.79 Å². The largest absolute Gasteiger partial charge is 0.478 e. The van der Waals surface area contributed by atoms with E-state index in [9.17, 15) is 14.4 Å². The molecule has 0 atom stereocenters. The summed E-state index contributed by atoms with van der Waals surface area (Å²) in [6, 6.07) is 5.73. The maximum Gasteiger partial charge on any atom is 0.336 e. The summed E-state index contributed by atoms with van der Waals surface area (Å²) < 4.78 is 0. The zero-order chi connectivity index (χ0) is 12.1. The molecule has 0 fully saturated rings. The Bertz CT molecular complexity index is 434. The Morgan fingerprint density at radius 3 is 2.19 bits per heavy atom. The molecule has 0 heterocycles. The number of carbonyl (C=O) groups is 3. The van der Waals surface area contributed by atoms with Crippen LogP contribution in [0.5, 0.6) is 0 Å². The van der Waals surface area contributed by atoms with Crippen molar-refractivity contribution in [2.45, 2.75) is 19.8 Å². The van der Waals surface area contributed by atoms with E-state index in [0.717, 1.165) is 0 Å². The molecule has 4 heteroatoms. The molecule has 84 valence electrons. The number of benzene rings is 1. The highest BCUT2D eigenvalue weighted by atomic mass is 16.4. The third kappa shape index (κ3) is 2.53. The van der Waals surface area contributed by atoms with E-state index in [1.807, 2.05) is 0 Å². The molecule has 16 heavy (non-hydrogen) atoms. The van der Waals surface area contributed by atoms with Crippen molar-refractivity contribution in [1.82, 2.24) is 0 Å². The van der Waals surface area contributed by atoms with Crippen LogP contribution in [0, 0.1) is 0 Å². The average molecular weight is 220 g/mol. The lowest BCUT2D eigenvalue weighted by Gasteiger charge is -2.03. The molecule has 0 aliphatic rings. The molecule has 0 aliphatic heterocycles. The third-order valence-electron chi connectivity index (χ3n) is 2.13. The number of carboxylic acids is 1. The summed E-state index contributed by atoms with van der Waals surface area (Å²) in [4.78, 5) is 33.9. The van der Waals surface area contributed by atoms with Gasteiger partial charge >= 0.3 is 5.97 Å². The van der Waals surface area contributed by atoms with Crippen LogP contribution in [-0.4, -0.2) is 22.6 Å². The zero-order valence-corrected chi connectivity index (χ0v) is 8.90. The van der Waals surface area contributed by atoms with Gasteiger partial charge in [-0.25, -0.2) is 4.79 Å². The van der Waals surface area contributed by atoms with Crippen LogP contribution in [0.2, 0.25) is 0 Å². The fraction of sp³-hybridized carbons (Fsp3) is 0.250. The second-order valence-corrected chi connectivity index (χ2v) is 3.35. The third-order valence-corrected chi connectivity index (χ3v) is 2.13. The van der Waals surface area contributed by atoms with Crippen LogP contribution in [0.4, 0.5) is 0 Å². The molecule has 4 nitrogen and oxygen atoms in total. The van der Waals surface area contributed by atoms with Gasteiger partial charge in [-0.1, -0.05) is 25.1 Å². The first kappa shape index (κ1) is 12.1. The van der Waals surface area contributed by atoms with Crippen LogP contribution in [0.1, 0.15) is 40.5 Å². The lowest BCUT2D eigenvalue weighted by molar-refractivity contribution is -0.115. The normalized spacial score (nSPS) is 9.81. The molecule has 1 rings (SSSR count). The molecule has 0 spiro atoms. The number of hydrogen-bond acceptors (Lipinski definition) is 3. The Morgan fingerprint density at radius 1 is 1.12 bits per heavy atom. The Kier molecular flexibility index (Phi) is 3.94. The summed E-state index contributed by atoms with van der Waals surface area (Å²) in [5.74, 6) is -2.47. The van der Waals surface area contributed by atoms with Crippen molar-refractivity contribution in [3.63, 3.8) is 0 Å². The molecule has 0 aromatic heterocycles. The smallest absolute Gasteiger partial charge is 0.336 e. The van der Waals surface area contributed by atoms with E-state index < -0.39 is 17.5 Å². The lowest BCUT2D eigenvalue weighted by Crippen LogP contribution is -2.17. The number of carbonyl (C=O) groups excluding carboxylic acids is 2. The molecular weight excluding hydrogens is 208 g/mol. The molecule has 1 aromatic rings. The lowest BCUT2D eigenvalue weighted by atomic mass is 9.99. The minimum atomic E-state index is -1.20. The Labute approximate surface area is 92.9 Å². The van der Waals surface area contributed by atoms with Crippen LogP contribution < -0.4 is 0 Å². The van der Waals surface area contributed by atoms with Gasteiger partial charge in [-0.2, -0.15) is 0 Å². The van der Waals surface area contributed by atoms with Crippen molar-refractivity contribution in [3.8, 4) is 0 Å². The van der Waals surface area contributed by atoms with E-state index in [2.05, 4.69) is 0 Å². The Morgan fingerprint density at radius 2 is 1.69 bits per heavy atom. The summed E-state index contributed by atoms with van der Waals surface area (Å²) in [5.41, 5.74) is -0.162. The van der Waals surface area contributed by atoms with Crippen molar-refractivity contribution in [1.29, 1.82) is 0 Å². The van der Waals surface area contributed by atoms with E-state index in [-0.39, 0.29) is 17.5 Å². The van der Waals surface area contributed by atoms with Gasteiger partial charge in [0.15, 0.2) is 0 Å². The highest BCUT2D eigenvalue weighted by molar-refractivity contribution is 6.44. The molecule has 0 saturated carbocycles. The minimum absolute atomic E-state index is 0.0338. The van der Waals surface area contributed by atoms with E-state index >= 15 is 0 Å². The Hall–Kier alpha value is -1.97. The average Bonchev–Trinajstić information content (AvgIpc) is 2.28. The van der Waals surface area contributed by atoms with Gasteiger partial charge in [0.05, 0.1) is 5.56 Å². The van der Waals surface area contributed by atoms with Gasteiger partial charge in [0.25, 0.3) is 0 Å². The highest BCUT2D eigenvalue weighted by Gasteiger charge is 2.20. The van der Waals surface area contributed by atoms with Gasteiger partial charge < -0.3 is 5.11 Å². The zero-order valence-electron chi connectivity index (χ0n) is 8.90. The fourth-order valence-corrected chi connectivity index (χ4v) is 1.36. The summed E-state index contributed by atoms with van der Waals surface area (Å²) in [6.45, 7) is 1.79. The second-order valence-electron chi connectivity index (χ2n) is 3.35. The summed E-state index contributed by atoms with van der Waals surface area (Å²) in [5, 5.41) is 8.86. The SMILES string of the molecule is CCCC(=O)C(=O)c1ccccc1C(=O)O. The predicted octanol–water partition coefficient (Wildman–Crippen LogP) is 1.94. The van der Waals surface area contributed by atoms with Crippen molar-refractivity contribution in [2.24, 2.45) is 0 Å². The number of ketones is 2. The number of rotatable bonds is 5. The molecule has 0 unspecified atom stereocenters. The van der Waals surface area contributed by atoms with Crippen LogP contribution in [0.3, 0.4) is 0 Å². The molecule has 0 aliphatic carbocycles. The quantitative estimate of drug-likeness (QED) is 0.608. The molecule has 0 amide bonds. The number of carboxylic acid groups (broad SMARTS) is 1.